The third-order valence-electron chi connectivity index (χ3n) is 3.30. The van der Waals surface area contributed by atoms with Gasteiger partial charge in [0.15, 0.2) is 0 Å². The molecule has 0 aliphatic rings. The highest BCUT2D eigenvalue weighted by Crippen LogP contribution is 2.03. The predicted octanol–water partition coefficient (Wildman–Crippen LogP) is 1.04. The molecule has 130 valence electrons. The maximum atomic E-state index is 12.1. The smallest absolute Gasteiger partial charge is 0.309 e. The first-order chi connectivity index (χ1) is 11.1. The van der Waals surface area contributed by atoms with Gasteiger partial charge in [0.2, 0.25) is 5.91 Å². The minimum Gasteiger partial charge on any atom is -0.469 e. The molecule has 0 aromatic carbocycles. The second kappa shape index (κ2) is 10.8. The van der Waals surface area contributed by atoms with Crippen LogP contribution < -0.4 is 5.32 Å². The molecule has 1 aromatic heterocycles. The second-order valence-electron chi connectivity index (χ2n) is 5.21. The van der Waals surface area contributed by atoms with Crippen molar-refractivity contribution in [2.24, 2.45) is 5.92 Å². The average Bonchev–Trinajstić information content (AvgIpc) is 3.05. The summed E-state index contributed by atoms with van der Waals surface area (Å²) in [5.41, 5.74) is 0. The molecule has 1 amide bonds. The topological polar surface area (TPSA) is 81.0 Å². The van der Waals surface area contributed by atoms with Crippen molar-refractivity contribution in [3.63, 3.8) is 0 Å². The number of esters is 1. The third-order valence-corrected chi connectivity index (χ3v) is 3.30. The number of carbonyl (C=O) groups is 2. The van der Waals surface area contributed by atoms with E-state index in [1.165, 1.54) is 7.11 Å². The summed E-state index contributed by atoms with van der Waals surface area (Å²) in [5.74, 6) is -0.0287. The highest BCUT2D eigenvalue weighted by Gasteiger charge is 2.19. The first kappa shape index (κ1) is 19.2. The lowest BCUT2D eigenvalue weighted by Gasteiger charge is -2.24. The summed E-state index contributed by atoms with van der Waals surface area (Å²) >= 11 is 0. The monoisotopic (exact) mass is 326 g/mol. The number of furan rings is 1. The molecule has 1 aromatic rings. The SMILES string of the molecule is CCOCCN(CC(=O)NCc1ccco1)CC(C)C(=O)OC. The Morgan fingerprint density at radius 1 is 1.43 bits per heavy atom. The van der Waals surface area contributed by atoms with Crippen LogP contribution in [0, 0.1) is 5.92 Å². The molecule has 23 heavy (non-hydrogen) atoms. The number of rotatable bonds is 11. The van der Waals surface area contributed by atoms with E-state index in [4.69, 9.17) is 13.9 Å². The minimum atomic E-state index is -0.306. The van der Waals surface area contributed by atoms with Crippen molar-refractivity contribution < 1.29 is 23.5 Å². The summed E-state index contributed by atoms with van der Waals surface area (Å²) < 4.78 is 15.2. The quantitative estimate of drug-likeness (QED) is 0.483. The normalized spacial score (nSPS) is 12.2. The van der Waals surface area contributed by atoms with Gasteiger partial charge in [0.25, 0.3) is 0 Å². The molecular weight excluding hydrogens is 300 g/mol. The number of hydrogen-bond acceptors (Lipinski definition) is 6. The Kier molecular flexibility index (Phi) is 9.01. The standard InChI is InChI=1S/C16H26N2O5/c1-4-22-9-7-18(11-13(2)16(20)21-3)12-15(19)17-10-14-6-5-8-23-14/h5-6,8,13H,4,7,9-12H2,1-3H3,(H,17,19). The van der Waals surface area contributed by atoms with Gasteiger partial charge in [0.1, 0.15) is 5.76 Å². The van der Waals surface area contributed by atoms with Crippen LogP contribution in [0.5, 0.6) is 0 Å². The van der Waals surface area contributed by atoms with E-state index in [2.05, 4.69) is 5.32 Å². The highest BCUT2D eigenvalue weighted by molar-refractivity contribution is 5.78. The van der Waals surface area contributed by atoms with E-state index in [9.17, 15) is 9.59 Å². The van der Waals surface area contributed by atoms with Crippen LogP contribution in [0.15, 0.2) is 22.8 Å². The zero-order chi connectivity index (χ0) is 17.1. The Hall–Kier alpha value is -1.86. The van der Waals surface area contributed by atoms with Crippen molar-refractivity contribution in [1.82, 2.24) is 10.2 Å². The molecule has 1 atom stereocenters. The predicted molar refractivity (Wildman–Crippen MR) is 84.7 cm³/mol. The number of nitrogens with one attached hydrogen (secondary N) is 1. The molecular formula is C16H26N2O5. The Morgan fingerprint density at radius 3 is 2.83 bits per heavy atom. The van der Waals surface area contributed by atoms with Crippen LogP contribution in [0.3, 0.4) is 0 Å². The van der Waals surface area contributed by atoms with E-state index < -0.39 is 0 Å². The lowest BCUT2D eigenvalue weighted by Crippen LogP contribution is -2.42. The lowest BCUT2D eigenvalue weighted by molar-refractivity contribution is -0.145. The molecule has 0 spiro atoms. The van der Waals surface area contributed by atoms with Gasteiger partial charge in [-0.2, -0.15) is 0 Å². The van der Waals surface area contributed by atoms with E-state index in [0.29, 0.717) is 38.6 Å². The van der Waals surface area contributed by atoms with E-state index in [0.717, 1.165) is 0 Å². The maximum absolute atomic E-state index is 12.1. The van der Waals surface area contributed by atoms with Crippen molar-refractivity contribution >= 4 is 11.9 Å². The lowest BCUT2D eigenvalue weighted by atomic mass is 10.1. The fraction of sp³-hybridized carbons (Fsp3) is 0.625. The van der Waals surface area contributed by atoms with Crippen molar-refractivity contribution in [1.29, 1.82) is 0 Å². The summed E-state index contributed by atoms with van der Waals surface area (Å²) in [7, 11) is 1.36. The zero-order valence-electron chi connectivity index (χ0n) is 14.0. The molecule has 1 rings (SSSR count). The van der Waals surface area contributed by atoms with Crippen LogP contribution in [0.2, 0.25) is 0 Å². The Balaban J connectivity index is 2.45. The van der Waals surface area contributed by atoms with Gasteiger partial charge < -0.3 is 19.2 Å². The number of ether oxygens (including phenoxy) is 2. The molecule has 0 aliphatic carbocycles. The third kappa shape index (κ3) is 7.80. The van der Waals surface area contributed by atoms with Crippen LogP contribution >= 0.6 is 0 Å². The van der Waals surface area contributed by atoms with E-state index in [1.807, 2.05) is 11.8 Å². The second-order valence-corrected chi connectivity index (χ2v) is 5.21. The van der Waals surface area contributed by atoms with Gasteiger partial charge in [-0.3, -0.25) is 14.5 Å². The molecule has 1 unspecified atom stereocenters. The zero-order valence-corrected chi connectivity index (χ0v) is 14.0. The average molecular weight is 326 g/mol. The van der Waals surface area contributed by atoms with Crippen molar-refractivity contribution in [3.05, 3.63) is 24.2 Å². The number of hydrogen-bond donors (Lipinski definition) is 1. The van der Waals surface area contributed by atoms with Gasteiger partial charge in [-0.1, -0.05) is 6.92 Å². The van der Waals surface area contributed by atoms with Crippen LogP contribution in [0.25, 0.3) is 0 Å². The fourth-order valence-corrected chi connectivity index (χ4v) is 2.09. The molecule has 1 N–H and O–H groups in total. The van der Waals surface area contributed by atoms with Gasteiger partial charge in [-0.05, 0) is 19.1 Å². The molecule has 0 saturated carbocycles. The van der Waals surface area contributed by atoms with Crippen molar-refractivity contribution in [2.75, 3.05) is 40.0 Å². The summed E-state index contributed by atoms with van der Waals surface area (Å²) in [6, 6.07) is 3.57. The van der Waals surface area contributed by atoms with Crippen molar-refractivity contribution in [2.45, 2.75) is 20.4 Å². The van der Waals surface area contributed by atoms with Crippen LogP contribution in [-0.4, -0.2) is 56.7 Å². The Labute approximate surface area is 136 Å². The minimum absolute atomic E-state index is 0.130. The van der Waals surface area contributed by atoms with Crippen LogP contribution in [-0.2, 0) is 25.6 Å². The maximum Gasteiger partial charge on any atom is 0.309 e. The van der Waals surface area contributed by atoms with Gasteiger partial charge in [0, 0.05) is 19.7 Å². The number of carbonyl (C=O) groups excluding carboxylic acids is 2. The summed E-state index contributed by atoms with van der Waals surface area (Å²) in [5, 5.41) is 2.79. The van der Waals surface area contributed by atoms with Crippen LogP contribution in [0.1, 0.15) is 19.6 Å². The number of methoxy groups -OCH3 is 1. The van der Waals surface area contributed by atoms with E-state index >= 15 is 0 Å². The summed E-state index contributed by atoms with van der Waals surface area (Å²) in [6.07, 6.45) is 1.56. The largest absolute Gasteiger partial charge is 0.469 e. The Bertz CT molecular complexity index is 461. The number of nitrogens with zero attached hydrogens (tertiary/aromatic N) is 1. The molecule has 1 heterocycles. The fourth-order valence-electron chi connectivity index (χ4n) is 2.09. The molecule has 0 radical (unpaired) electrons. The Morgan fingerprint density at radius 2 is 2.22 bits per heavy atom. The van der Waals surface area contributed by atoms with Crippen molar-refractivity contribution in [3.8, 4) is 0 Å². The van der Waals surface area contributed by atoms with Crippen LogP contribution in [0.4, 0.5) is 0 Å². The highest BCUT2D eigenvalue weighted by atomic mass is 16.5. The summed E-state index contributed by atoms with van der Waals surface area (Å²) in [4.78, 5) is 25.5. The first-order valence-corrected chi connectivity index (χ1v) is 7.73. The molecule has 0 fully saturated rings. The summed E-state index contributed by atoms with van der Waals surface area (Å²) in [6.45, 7) is 6.36. The molecule has 0 bridgehead atoms. The van der Waals surface area contributed by atoms with E-state index in [-0.39, 0.29) is 24.3 Å². The van der Waals surface area contributed by atoms with Gasteiger partial charge in [-0.25, -0.2) is 0 Å². The molecule has 0 aliphatic heterocycles. The van der Waals surface area contributed by atoms with E-state index in [1.54, 1.807) is 25.3 Å². The molecule has 7 heteroatoms. The molecule has 7 nitrogen and oxygen atoms in total. The number of amides is 1. The van der Waals surface area contributed by atoms with Gasteiger partial charge >= 0.3 is 5.97 Å². The van der Waals surface area contributed by atoms with Gasteiger partial charge in [0.05, 0.1) is 39.0 Å². The van der Waals surface area contributed by atoms with Gasteiger partial charge in [-0.15, -0.1) is 0 Å². The first-order valence-electron chi connectivity index (χ1n) is 7.73. The molecule has 0 saturated heterocycles.